The number of carbonyl (C=O) groups excluding carboxylic acids is 1. The molecule has 26 heavy (non-hydrogen) atoms. The van der Waals surface area contributed by atoms with Crippen LogP contribution in [-0.2, 0) is 0 Å². The third-order valence-electron chi connectivity index (χ3n) is 3.82. The van der Waals surface area contributed by atoms with Crippen LogP contribution in [0.1, 0.15) is 21.5 Å². The predicted molar refractivity (Wildman–Crippen MR) is 102 cm³/mol. The molecule has 4 heteroatoms. The van der Waals surface area contributed by atoms with Crippen LogP contribution in [0.5, 0.6) is 0 Å². The first-order valence-electron chi connectivity index (χ1n) is 8.22. The van der Waals surface area contributed by atoms with Gasteiger partial charge >= 0.3 is 0 Å². The van der Waals surface area contributed by atoms with Crippen molar-refractivity contribution in [2.45, 2.75) is 6.92 Å². The molecule has 0 bridgehead atoms. The Labute approximate surface area is 152 Å². The van der Waals surface area contributed by atoms with Crippen molar-refractivity contribution in [2.24, 2.45) is 10.2 Å². The van der Waals surface area contributed by atoms with E-state index in [4.69, 9.17) is 0 Å². The highest BCUT2D eigenvalue weighted by Crippen LogP contribution is 2.23. The number of nitrogens with zero attached hydrogens (tertiary/aromatic N) is 2. The van der Waals surface area contributed by atoms with E-state index in [0.29, 0.717) is 16.8 Å². The molecule has 0 saturated heterocycles. The Kier molecular flexibility index (Phi) is 5.34. The van der Waals surface area contributed by atoms with Gasteiger partial charge in [-0.3, -0.25) is 4.79 Å². The van der Waals surface area contributed by atoms with Crippen molar-refractivity contribution < 1.29 is 9.90 Å². The first kappa shape index (κ1) is 17.3. The lowest BCUT2D eigenvalue weighted by Crippen LogP contribution is -2.04. The van der Waals surface area contributed by atoms with Crippen LogP contribution in [0.3, 0.4) is 0 Å². The van der Waals surface area contributed by atoms with Crippen LogP contribution in [0, 0.1) is 6.92 Å². The monoisotopic (exact) mass is 342 g/mol. The van der Waals surface area contributed by atoms with Gasteiger partial charge < -0.3 is 5.11 Å². The van der Waals surface area contributed by atoms with Crippen molar-refractivity contribution in [2.75, 3.05) is 0 Å². The molecular formula is C22H18N2O2. The molecule has 4 nitrogen and oxygen atoms in total. The third kappa shape index (κ3) is 4.11. The van der Waals surface area contributed by atoms with Crippen molar-refractivity contribution in [1.82, 2.24) is 0 Å². The van der Waals surface area contributed by atoms with Crippen LogP contribution in [-0.4, -0.2) is 10.9 Å². The van der Waals surface area contributed by atoms with Gasteiger partial charge in [-0.25, -0.2) is 0 Å². The van der Waals surface area contributed by atoms with E-state index in [9.17, 15) is 9.90 Å². The summed E-state index contributed by atoms with van der Waals surface area (Å²) in [6, 6.07) is 25.0. The minimum Gasteiger partial charge on any atom is -0.505 e. The Balaban J connectivity index is 2.04. The number of aliphatic hydroxyl groups is 1. The van der Waals surface area contributed by atoms with E-state index >= 15 is 0 Å². The van der Waals surface area contributed by atoms with E-state index < -0.39 is 0 Å². The number of hydrogen-bond donors (Lipinski definition) is 1. The largest absolute Gasteiger partial charge is 0.505 e. The van der Waals surface area contributed by atoms with Crippen LogP contribution in [0.15, 0.2) is 101 Å². The highest BCUT2D eigenvalue weighted by Gasteiger charge is 2.18. The summed E-state index contributed by atoms with van der Waals surface area (Å²) in [5.41, 5.74) is 2.56. The normalized spacial score (nSPS) is 12.0. The number of rotatable bonds is 5. The lowest BCUT2D eigenvalue weighted by Gasteiger charge is -2.06. The Hall–Kier alpha value is -3.53. The van der Waals surface area contributed by atoms with E-state index in [1.165, 1.54) is 0 Å². The van der Waals surface area contributed by atoms with E-state index in [1.807, 2.05) is 43.3 Å². The van der Waals surface area contributed by atoms with Crippen molar-refractivity contribution in [3.05, 3.63) is 107 Å². The van der Waals surface area contributed by atoms with Gasteiger partial charge in [0.2, 0.25) is 5.78 Å². The summed E-state index contributed by atoms with van der Waals surface area (Å²) in [6.07, 6.45) is 0. The fourth-order valence-electron chi connectivity index (χ4n) is 2.38. The molecule has 0 saturated carbocycles. The molecule has 1 N–H and O–H groups in total. The number of azo groups is 1. The van der Waals surface area contributed by atoms with E-state index in [-0.39, 0.29) is 17.2 Å². The number of hydrogen-bond acceptors (Lipinski definition) is 4. The molecular weight excluding hydrogens is 324 g/mol. The number of Topliss-reactive ketones (excluding diaryl/α,β-unsaturated/α-hetero) is 1. The molecule has 3 rings (SSSR count). The molecule has 0 fully saturated rings. The third-order valence-corrected chi connectivity index (χ3v) is 3.82. The summed E-state index contributed by atoms with van der Waals surface area (Å²) in [7, 11) is 0. The second-order valence-corrected chi connectivity index (χ2v) is 5.79. The first-order chi connectivity index (χ1) is 12.6. The average Bonchev–Trinajstić information content (AvgIpc) is 2.70. The second kappa shape index (κ2) is 8.03. The molecule has 0 aromatic heterocycles. The van der Waals surface area contributed by atoms with Crippen molar-refractivity contribution in [3.8, 4) is 0 Å². The van der Waals surface area contributed by atoms with Crippen LogP contribution < -0.4 is 0 Å². The highest BCUT2D eigenvalue weighted by molar-refractivity contribution is 6.12. The fraction of sp³-hybridized carbons (Fsp3) is 0.0455. The zero-order valence-corrected chi connectivity index (χ0v) is 14.3. The molecule has 0 atom stereocenters. The Morgan fingerprint density at radius 3 is 1.88 bits per heavy atom. The first-order valence-corrected chi connectivity index (χ1v) is 8.22. The van der Waals surface area contributed by atoms with Crippen LogP contribution in [0.25, 0.3) is 5.76 Å². The van der Waals surface area contributed by atoms with Crippen LogP contribution >= 0.6 is 0 Å². The Morgan fingerprint density at radius 1 is 0.769 bits per heavy atom. The van der Waals surface area contributed by atoms with Crippen LogP contribution in [0.2, 0.25) is 0 Å². The minimum absolute atomic E-state index is 0.0945. The van der Waals surface area contributed by atoms with Gasteiger partial charge in [0.25, 0.3) is 0 Å². The molecule has 128 valence electrons. The summed E-state index contributed by atoms with van der Waals surface area (Å²) in [5.74, 6) is -0.585. The molecule has 0 aliphatic heterocycles. The SMILES string of the molecule is Cc1ccc(N=N/C(C(=O)c2ccccc2)=C(\O)c2ccccc2)cc1. The summed E-state index contributed by atoms with van der Waals surface area (Å²) < 4.78 is 0. The molecule has 0 unspecified atom stereocenters. The predicted octanol–water partition coefficient (Wildman–Crippen LogP) is 5.89. The number of ketones is 1. The molecule has 0 heterocycles. The van der Waals surface area contributed by atoms with Gasteiger partial charge in [-0.2, -0.15) is 5.11 Å². The molecule has 0 amide bonds. The lowest BCUT2D eigenvalue weighted by molar-refractivity contribution is 0.103. The smallest absolute Gasteiger partial charge is 0.217 e. The number of aliphatic hydroxyl groups excluding tert-OH is 1. The topological polar surface area (TPSA) is 62.0 Å². The van der Waals surface area contributed by atoms with Crippen molar-refractivity contribution >= 4 is 17.2 Å². The minimum atomic E-state index is -0.386. The average molecular weight is 342 g/mol. The molecule has 0 aliphatic rings. The maximum absolute atomic E-state index is 12.9. The van der Waals surface area contributed by atoms with Crippen LogP contribution in [0.4, 0.5) is 5.69 Å². The standard InChI is InChI=1S/C22H18N2O2/c1-16-12-14-19(15-13-16)23-24-20(21(25)17-8-4-2-5-9-17)22(26)18-10-6-3-7-11-18/h2-15,25H,1H3/b21-20-,24-23?. The molecule has 3 aromatic carbocycles. The highest BCUT2D eigenvalue weighted by atomic mass is 16.3. The summed E-state index contributed by atoms with van der Waals surface area (Å²) in [5, 5.41) is 18.8. The number of carbonyl (C=O) groups is 1. The summed E-state index contributed by atoms with van der Waals surface area (Å²) in [6.45, 7) is 1.98. The summed E-state index contributed by atoms with van der Waals surface area (Å²) in [4.78, 5) is 12.9. The van der Waals surface area contributed by atoms with Gasteiger partial charge in [0, 0.05) is 11.1 Å². The fourth-order valence-corrected chi connectivity index (χ4v) is 2.38. The van der Waals surface area contributed by atoms with Gasteiger partial charge in [-0.15, -0.1) is 5.11 Å². The zero-order chi connectivity index (χ0) is 18.4. The second-order valence-electron chi connectivity index (χ2n) is 5.79. The number of benzene rings is 3. The summed E-state index contributed by atoms with van der Waals surface area (Å²) >= 11 is 0. The van der Waals surface area contributed by atoms with Crippen molar-refractivity contribution in [3.63, 3.8) is 0 Å². The number of allylic oxidation sites excluding steroid dienone is 1. The van der Waals surface area contributed by atoms with E-state index in [2.05, 4.69) is 10.2 Å². The van der Waals surface area contributed by atoms with Gasteiger partial charge in [-0.05, 0) is 19.1 Å². The van der Waals surface area contributed by atoms with E-state index in [0.717, 1.165) is 5.56 Å². The maximum Gasteiger partial charge on any atom is 0.217 e. The molecule has 0 spiro atoms. The molecule has 3 aromatic rings. The number of aryl methyl sites for hydroxylation is 1. The van der Waals surface area contributed by atoms with E-state index in [1.54, 1.807) is 48.5 Å². The van der Waals surface area contributed by atoms with Gasteiger partial charge in [0.1, 0.15) is 0 Å². The molecule has 0 radical (unpaired) electrons. The van der Waals surface area contributed by atoms with Crippen molar-refractivity contribution in [1.29, 1.82) is 0 Å². The Bertz CT molecular complexity index is 944. The van der Waals surface area contributed by atoms with Gasteiger partial charge in [-0.1, -0.05) is 78.4 Å². The quantitative estimate of drug-likeness (QED) is 0.272. The molecule has 0 aliphatic carbocycles. The maximum atomic E-state index is 12.9. The van der Waals surface area contributed by atoms with Gasteiger partial charge in [0.05, 0.1) is 5.69 Å². The van der Waals surface area contributed by atoms with Gasteiger partial charge in [0.15, 0.2) is 11.5 Å². The zero-order valence-electron chi connectivity index (χ0n) is 14.3. The lowest BCUT2D eigenvalue weighted by atomic mass is 10.1. The Morgan fingerprint density at radius 2 is 1.31 bits per heavy atom.